The second-order valence-corrected chi connectivity index (χ2v) is 5.52. The Kier molecular flexibility index (Phi) is 5.26. The smallest absolute Gasteiger partial charge is 0.0465 e. The van der Waals surface area contributed by atoms with Gasteiger partial charge in [-0.1, -0.05) is 53.5 Å². The second kappa shape index (κ2) is 6.95. The van der Waals surface area contributed by atoms with Gasteiger partial charge in [0.15, 0.2) is 0 Å². The molecular formula is C16H16Cl2O. The first-order valence-corrected chi connectivity index (χ1v) is 7.03. The summed E-state index contributed by atoms with van der Waals surface area (Å²) < 4.78 is 0. The fourth-order valence-electron chi connectivity index (χ4n) is 2.16. The number of aliphatic hydroxyl groups is 1. The zero-order chi connectivity index (χ0) is 13.7. The first-order chi connectivity index (χ1) is 9.19. The van der Waals surface area contributed by atoms with E-state index in [2.05, 4.69) is 12.1 Å². The predicted molar refractivity (Wildman–Crippen MR) is 80.9 cm³/mol. The maximum absolute atomic E-state index is 9.53. The Morgan fingerprint density at radius 1 is 0.947 bits per heavy atom. The molecule has 0 aromatic heterocycles. The average molecular weight is 295 g/mol. The van der Waals surface area contributed by atoms with Crippen molar-refractivity contribution in [2.75, 3.05) is 6.61 Å². The minimum Gasteiger partial charge on any atom is -0.396 e. The normalized spacial score (nSPS) is 12.4. The summed E-state index contributed by atoms with van der Waals surface area (Å²) in [7, 11) is 0. The van der Waals surface area contributed by atoms with Crippen LogP contribution in [0.15, 0.2) is 48.5 Å². The average Bonchev–Trinajstić information content (AvgIpc) is 2.43. The zero-order valence-electron chi connectivity index (χ0n) is 10.5. The number of halogens is 2. The summed E-state index contributed by atoms with van der Waals surface area (Å²) in [6, 6.07) is 15.6. The van der Waals surface area contributed by atoms with Crippen LogP contribution in [-0.4, -0.2) is 11.7 Å². The Morgan fingerprint density at radius 2 is 1.68 bits per heavy atom. The third-order valence-corrected chi connectivity index (χ3v) is 3.75. The molecular weight excluding hydrogens is 279 g/mol. The van der Waals surface area contributed by atoms with Gasteiger partial charge in [-0.2, -0.15) is 0 Å². The summed E-state index contributed by atoms with van der Waals surface area (Å²) in [4.78, 5) is 0. The molecule has 2 rings (SSSR count). The van der Waals surface area contributed by atoms with Crippen LogP contribution in [0, 0.1) is 5.92 Å². The van der Waals surface area contributed by atoms with E-state index >= 15 is 0 Å². The van der Waals surface area contributed by atoms with Gasteiger partial charge < -0.3 is 5.11 Å². The van der Waals surface area contributed by atoms with Gasteiger partial charge in [0.2, 0.25) is 0 Å². The van der Waals surface area contributed by atoms with Crippen LogP contribution < -0.4 is 0 Å². The molecule has 2 aromatic carbocycles. The summed E-state index contributed by atoms with van der Waals surface area (Å²) in [5.41, 5.74) is 2.21. The predicted octanol–water partition coefficient (Wildman–Crippen LogP) is 4.39. The molecule has 1 atom stereocenters. The fourth-order valence-corrected chi connectivity index (χ4v) is 2.55. The van der Waals surface area contributed by atoms with Crippen LogP contribution in [0.1, 0.15) is 11.1 Å². The van der Waals surface area contributed by atoms with Crippen molar-refractivity contribution in [3.63, 3.8) is 0 Å². The SMILES string of the molecule is OCC(Cc1ccccc1)Cc1cc(Cl)ccc1Cl. The molecule has 0 aliphatic rings. The topological polar surface area (TPSA) is 20.2 Å². The lowest BCUT2D eigenvalue weighted by molar-refractivity contribution is 0.225. The van der Waals surface area contributed by atoms with Crippen LogP contribution in [0.4, 0.5) is 0 Å². The van der Waals surface area contributed by atoms with Gasteiger partial charge in [-0.3, -0.25) is 0 Å². The molecule has 0 aliphatic carbocycles. The van der Waals surface area contributed by atoms with Crippen LogP contribution in [0.25, 0.3) is 0 Å². The van der Waals surface area contributed by atoms with E-state index < -0.39 is 0 Å². The number of rotatable bonds is 5. The molecule has 0 radical (unpaired) electrons. The summed E-state index contributed by atoms with van der Waals surface area (Å²) in [6.07, 6.45) is 1.56. The molecule has 0 bridgehead atoms. The van der Waals surface area contributed by atoms with Gasteiger partial charge in [0.05, 0.1) is 0 Å². The molecule has 1 nitrogen and oxygen atoms in total. The van der Waals surface area contributed by atoms with Gasteiger partial charge in [-0.05, 0) is 48.1 Å². The summed E-state index contributed by atoms with van der Waals surface area (Å²) in [6.45, 7) is 0.137. The number of hydrogen-bond acceptors (Lipinski definition) is 1. The van der Waals surface area contributed by atoms with E-state index in [1.165, 1.54) is 5.56 Å². The van der Waals surface area contributed by atoms with Gasteiger partial charge in [-0.15, -0.1) is 0 Å². The van der Waals surface area contributed by atoms with Crippen LogP contribution in [0.2, 0.25) is 10.0 Å². The summed E-state index contributed by atoms with van der Waals surface area (Å²) in [5, 5.41) is 10.9. The molecule has 3 heteroatoms. The first kappa shape index (κ1) is 14.4. The van der Waals surface area contributed by atoms with Crippen molar-refractivity contribution in [2.45, 2.75) is 12.8 Å². The van der Waals surface area contributed by atoms with Gasteiger partial charge in [0.1, 0.15) is 0 Å². The van der Waals surface area contributed by atoms with Crippen molar-refractivity contribution < 1.29 is 5.11 Å². The van der Waals surface area contributed by atoms with E-state index in [9.17, 15) is 5.11 Å². The van der Waals surface area contributed by atoms with Crippen LogP contribution >= 0.6 is 23.2 Å². The van der Waals surface area contributed by atoms with Crippen molar-refractivity contribution >= 4 is 23.2 Å². The van der Waals surface area contributed by atoms with E-state index in [4.69, 9.17) is 23.2 Å². The van der Waals surface area contributed by atoms with Gasteiger partial charge in [0.25, 0.3) is 0 Å². The fraction of sp³-hybridized carbons (Fsp3) is 0.250. The van der Waals surface area contributed by atoms with E-state index in [-0.39, 0.29) is 12.5 Å². The lowest BCUT2D eigenvalue weighted by atomic mass is 9.93. The van der Waals surface area contributed by atoms with Crippen molar-refractivity contribution in [3.8, 4) is 0 Å². The van der Waals surface area contributed by atoms with E-state index in [0.29, 0.717) is 10.0 Å². The molecule has 100 valence electrons. The summed E-state index contributed by atoms with van der Waals surface area (Å²) in [5.74, 6) is 0.151. The molecule has 0 amide bonds. The molecule has 0 fully saturated rings. The standard InChI is InChI=1S/C16H16Cl2O/c17-15-6-7-16(18)14(10-15)9-13(11-19)8-12-4-2-1-3-5-12/h1-7,10,13,19H,8-9,11H2. The van der Waals surface area contributed by atoms with Crippen LogP contribution in [0.5, 0.6) is 0 Å². The van der Waals surface area contributed by atoms with Crippen molar-refractivity contribution in [1.82, 2.24) is 0 Å². The minimum atomic E-state index is 0.137. The highest BCUT2D eigenvalue weighted by Crippen LogP contribution is 2.24. The number of aliphatic hydroxyl groups excluding tert-OH is 1. The Labute approximate surface area is 123 Å². The monoisotopic (exact) mass is 294 g/mol. The Balaban J connectivity index is 2.09. The van der Waals surface area contributed by atoms with E-state index in [1.54, 1.807) is 12.1 Å². The first-order valence-electron chi connectivity index (χ1n) is 6.27. The number of benzene rings is 2. The highest BCUT2D eigenvalue weighted by Gasteiger charge is 2.12. The molecule has 1 unspecified atom stereocenters. The quantitative estimate of drug-likeness (QED) is 0.867. The highest BCUT2D eigenvalue weighted by atomic mass is 35.5. The molecule has 2 aromatic rings. The molecule has 0 saturated heterocycles. The minimum absolute atomic E-state index is 0.137. The maximum atomic E-state index is 9.53. The Bertz CT molecular complexity index is 526. The largest absolute Gasteiger partial charge is 0.396 e. The van der Waals surface area contributed by atoms with Gasteiger partial charge in [0, 0.05) is 16.7 Å². The zero-order valence-corrected chi connectivity index (χ0v) is 12.0. The van der Waals surface area contributed by atoms with E-state index in [1.807, 2.05) is 24.3 Å². The van der Waals surface area contributed by atoms with Crippen LogP contribution in [0.3, 0.4) is 0 Å². The molecule has 0 heterocycles. The molecule has 19 heavy (non-hydrogen) atoms. The lowest BCUT2D eigenvalue weighted by Crippen LogP contribution is -2.13. The van der Waals surface area contributed by atoms with Gasteiger partial charge >= 0.3 is 0 Å². The number of hydrogen-bond donors (Lipinski definition) is 1. The van der Waals surface area contributed by atoms with Crippen LogP contribution in [-0.2, 0) is 12.8 Å². The molecule has 0 saturated carbocycles. The Morgan fingerprint density at radius 3 is 2.37 bits per heavy atom. The second-order valence-electron chi connectivity index (χ2n) is 4.68. The Hall–Kier alpha value is -1.02. The van der Waals surface area contributed by atoms with E-state index in [0.717, 1.165) is 18.4 Å². The maximum Gasteiger partial charge on any atom is 0.0465 e. The lowest BCUT2D eigenvalue weighted by Gasteiger charge is -2.15. The van der Waals surface area contributed by atoms with Crippen molar-refractivity contribution in [1.29, 1.82) is 0 Å². The highest BCUT2D eigenvalue weighted by molar-refractivity contribution is 6.33. The third kappa shape index (κ3) is 4.24. The molecule has 0 spiro atoms. The summed E-state index contributed by atoms with van der Waals surface area (Å²) >= 11 is 12.1. The van der Waals surface area contributed by atoms with Gasteiger partial charge in [-0.25, -0.2) is 0 Å². The molecule has 1 N–H and O–H groups in total. The third-order valence-electron chi connectivity index (χ3n) is 3.14. The molecule has 0 aliphatic heterocycles. The van der Waals surface area contributed by atoms with Crippen molar-refractivity contribution in [3.05, 3.63) is 69.7 Å². The van der Waals surface area contributed by atoms with Crippen molar-refractivity contribution in [2.24, 2.45) is 5.92 Å².